The van der Waals surface area contributed by atoms with Crippen LogP contribution in [-0.2, 0) is 0 Å². The maximum absolute atomic E-state index is 13.4. The standard InChI is InChI=1S/C20H15Br2FINS/c1-12(11-24)20-16(10-19(21)22)15(13-4-6-14(23)7-5-13)9-17(25-20)18-3-2-8-26-18/h2-10,12H,11H2,1H3. The molecular formula is C20H15Br2FINS. The summed E-state index contributed by atoms with van der Waals surface area (Å²) >= 11 is 11.0. The van der Waals surface area contributed by atoms with E-state index in [9.17, 15) is 4.39 Å². The highest BCUT2D eigenvalue weighted by molar-refractivity contribution is 14.1. The van der Waals surface area contributed by atoms with Crippen LogP contribution in [0.2, 0.25) is 0 Å². The molecular weight excluding hydrogens is 592 g/mol. The number of benzene rings is 1. The Bertz CT molecular complexity index is 920. The van der Waals surface area contributed by atoms with Crippen molar-refractivity contribution in [2.45, 2.75) is 12.8 Å². The fourth-order valence-corrected chi connectivity index (χ4v) is 4.26. The topological polar surface area (TPSA) is 12.9 Å². The first-order valence-corrected chi connectivity index (χ1v) is 11.9. The number of nitrogens with zero attached hydrogens (tertiary/aromatic N) is 1. The second-order valence-corrected chi connectivity index (χ2v) is 10.4. The van der Waals surface area contributed by atoms with Crippen LogP contribution < -0.4 is 0 Å². The summed E-state index contributed by atoms with van der Waals surface area (Å²) in [5.74, 6) is 0.0567. The van der Waals surface area contributed by atoms with E-state index >= 15 is 0 Å². The van der Waals surface area contributed by atoms with E-state index in [1.807, 2.05) is 24.3 Å². The minimum atomic E-state index is -0.235. The Hall–Kier alpha value is -0.570. The average molecular weight is 607 g/mol. The van der Waals surface area contributed by atoms with E-state index in [1.54, 1.807) is 11.3 Å². The third-order valence-corrected chi connectivity index (χ3v) is 6.64. The molecule has 1 unspecified atom stereocenters. The normalized spacial score (nSPS) is 12.0. The van der Waals surface area contributed by atoms with Crippen molar-refractivity contribution < 1.29 is 4.39 Å². The van der Waals surface area contributed by atoms with Crippen molar-refractivity contribution in [1.29, 1.82) is 0 Å². The number of hydrogen-bond acceptors (Lipinski definition) is 2. The van der Waals surface area contributed by atoms with E-state index in [1.165, 1.54) is 12.1 Å². The zero-order valence-corrected chi connectivity index (χ0v) is 20.0. The van der Waals surface area contributed by atoms with Gasteiger partial charge in [-0.3, -0.25) is 4.98 Å². The molecule has 1 atom stereocenters. The molecule has 0 saturated heterocycles. The molecule has 0 spiro atoms. The highest BCUT2D eigenvalue weighted by Gasteiger charge is 2.18. The van der Waals surface area contributed by atoms with Gasteiger partial charge in [0.2, 0.25) is 0 Å². The molecule has 1 aromatic carbocycles. The van der Waals surface area contributed by atoms with Gasteiger partial charge in [0.1, 0.15) is 5.82 Å². The predicted molar refractivity (Wildman–Crippen MR) is 126 cm³/mol. The lowest BCUT2D eigenvalue weighted by Gasteiger charge is -2.18. The summed E-state index contributed by atoms with van der Waals surface area (Å²) in [6, 6.07) is 12.8. The monoisotopic (exact) mass is 605 g/mol. The first-order valence-electron chi connectivity index (χ1n) is 7.93. The molecule has 1 nitrogen and oxygen atoms in total. The zero-order valence-electron chi connectivity index (χ0n) is 13.8. The predicted octanol–water partition coefficient (Wildman–Crippen LogP) is 8.24. The van der Waals surface area contributed by atoms with E-state index in [0.717, 1.165) is 40.8 Å². The van der Waals surface area contributed by atoms with Crippen LogP contribution in [0.5, 0.6) is 0 Å². The molecule has 134 valence electrons. The summed E-state index contributed by atoms with van der Waals surface area (Å²) < 4.78 is 15.2. The third kappa shape index (κ3) is 4.64. The van der Waals surface area contributed by atoms with Gasteiger partial charge in [0.15, 0.2) is 0 Å². The fraction of sp³-hybridized carbons (Fsp3) is 0.150. The van der Waals surface area contributed by atoms with Crippen molar-refractivity contribution in [3.05, 3.63) is 68.3 Å². The number of pyridine rings is 1. The Balaban J connectivity index is 2.32. The molecule has 0 N–H and O–H groups in total. The van der Waals surface area contributed by atoms with Crippen LogP contribution >= 0.6 is 65.8 Å². The molecule has 0 aliphatic heterocycles. The summed E-state index contributed by atoms with van der Waals surface area (Å²) in [5, 5.41) is 2.05. The van der Waals surface area contributed by atoms with Crippen molar-refractivity contribution in [3.8, 4) is 21.7 Å². The SMILES string of the molecule is CC(CI)c1nc(-c2cccs2)cc(-c2ccc(F)cc2)c1C=C(Br)Br. The minimum Gasteiger partial charge on any atom is -0.251 e. The van der Waals surface area contributed by atoms with Crippen LogP contribution in [0, 0.1) is 5.82 Å². The van der Waals surface area contributed by atoms with E-state index in [2.05, 4.69) is 78.9 Å². The second-order valence-electron chi connectivity index (χ2n) is 5.83. The smallest absolute Gasteiger partial charge is 0.123 e. The Morgan fingerprint density at radius 2 is 2.00 bits per heavy atom. The van der Waals surface area contributed by atoms with Crippen molar-refractivity contribution >= 4 is 71.9 Å². The van der Waals surface area contributed by atoms with Crippen LogP contribution in [0.1, 0.15) is 24.1 Å². The van der Waals surface area contributed by atoms with Gasteiger partial charge in [0.25, 0.3) is 0 Å². The first-order chi connectivity index (χ1) is 12.5. The van der Waals surface area contributed by atoms with Crippen molar-refractivity contribution in [3.63, 3.8) is 0 Å². The number of aromatic nitrogens is 1. The molecule has 0 fully saturated rings. The molecule has 2 aromatic heterocycles. The summed E-state index contributed by atoms with van der Waals surface area (Å²) in [4.78, 5) is 6.12. The Labute approximate surface area is 187 Å². The van der Waals surface area contributed by atoms with Crippen molar-refractivity contribution in [2.24, 2.45) is 0 Å². The maximum atomic E-state index is 13.4. The Kier molecular flexibility index (Phi) is 7.05. The van der Waals surface area contributed by atoms with Gasteiger partial charge in [-0.25, -0.2) is 4.39 Å². The molecule has 0 aliphatic carbocycles. The molecule has 0 bridgehead atoms. The second kappa shape index (κ2) is 9.08. The van der Waals surface area contributed by atoms with Crippen molar-refractivity contribution in [1.82, 2.24) is 4.98 Å². The lowest BCUT2D eigenvalue weighted by atomic mass is 9.93. The van der Waals surface area contributed by atoms with Gasteiger partial charge in [-0.1, -0.05) is 47.7 Å². The molecule has 26 heavy (non-hydrogen) atoms. The quantitative estimate of drug-likeness (QED) is 0.211. The molecule has 0 amide bonds. The Morgan fingerprint density at radius 3 is 2.58 bits per heavy atom. The van der Waals surface area contributed by atoms with E-state index in [-0.39, 0.29) is 5.82 Å². The highest BCUT2D eigenvalue weighted by Crippen LogP contribution is 2.37. The van der Waals surface area contributed by atoms with Gasteiger partial charge in [0.05, 0.1) is 19.7 Å². The molecule has 0 aliphatic rings. The number of alkyl halides is 1. The molecule has 0 radical (unpaired) electrons. The van der Waals surface area contributed by atoms with Crippen LogP contribution in [0.3, 0.4) is 0 Å². The van der Waals surface area contributed by atoms with Gasteiger partial charge >= 0.3 is 0 Å². The van der Waals surface area contributed by atoms with E-state index in [4.69, 9.17) is 4.98 Å². The fourth-order valence-electron chi connectivity index (χ4n) is 2.70. The van der Waals surface area contributed by atoms with Gasteiger partial charge in [0, 0.05) is 15.9 Å². The first kappa shape index (κ1) is 20.2. The number of hydrogen-bond donors (Lipinski definition) is 0. The van der Waals surface area contributed by atoms with Crippen LogP contribution in [0.4, 0.5) is 4.39 Å². The molecule has 2 heterocycles. The number of rotatable bonds is 5. The van der Waals surface area contributed by atoms with Crippen LogP contribution in [0.25, 0.3) is 27.8 Å². The average Bonchev–Trinajstić information content (AvgIpc) is 3.16. The number of halogens is 4. The maximum Gasteiger partial charge on any atom is 0.123 e. The molecule has 3 rings (SSSR count). The molecule has 0 saturated carbocycles. The van der Waals surface area contributed by atoms with Gasteiger partial charge in [-0.05, 0) is 78.7 Å². The largest absolute Gasteiger partial charge is 0.251 e. The summed E-state index contributed by atoms with van der Waals surface area (Å²) in [7, 11) is 0. The summed E-state index contributed by atoms with van der Waals surface area (Å²) in [6.45, 7) is 2.18. The van der Waals surface area contributed by atoms with Crippen molar-refractivity contribution in [2.75, 3.05) is 4.43 Å². The Morgan fingerprint density at radius 1 is 1.27 bits per heavy atom. The highest BCUT2D eigenvalue weighted by atomic mass is 127. The lowest BCUT2D eigenvalue weighted by molar-refractivity contribution is 0.628. The molecule has 3 aromatic rings. The third-order valence-electron chi connectivity index (χ3n) is 3.97. The van der Waals surface area contributed by atoms with Gasteiger partial charge < -0.3 is 0 Å². The summed E-state index contributed by atoms with van der Waals surface area (Å²) in [5.41, 5.74) is 5.06. The van der Waals surface area contributed by atoms with Crippen LogP contribution in [0.15, 0.2) is 51.2 Å². The number of thiophene rings is 1. The van der Waals surface area contributed by atoms with Crippen LogP contribution in [-0.4, -0.2) is 9.41 Å². The summed E-state index contributed by atoms with van der Waals surface area (Å²) in [6.07, 6.45) is 2.03. The minimum absolute atomic E-state index is 0.235. The van der Waals surface area contributed by atoms with E-state index < -0.39 is 0 Å². The van der Waals surface area contributed by atoms with Gasteiger partial charge in [-0.15, -0.1) is 11.3 Å². The molecule has 6 heteroatoms. The lowest BCUT2D eigenvalue weighted by Crippen LogP contribution is -2.04. The zero-order chi connectivity index (χ0) is 18.7. The van der Waals surface area contributed by atoms with Gasteiger partial charge in [-0.2, -0.15) is 0 Å². The van der Waals surface area contributed by atoms with E-state index in [0.29, 0.717) is 5.92 Å².